The number of benzene rings is 1. The van der Waals surface area contributed by atoms with Gasteiger partial charge in [0.1, 0.15) is 12.3 Å². The molecule has 0 spiro atoms. The van der Waals surface area contributed by atoms with Gasteiger partial charge in [-0.15, -0.1) is 13.2 Å². The van der Waals surface area contributed by atoms with Gasteiger partial charge in [0.15, 0.2) is 6.10 Å². The molecule has 1 aromatic carbocycles. The molecule has 0 aliphatic heterocycles. The van der Waals surface area contributed by atoms with Crippen LogP contribution >= 0.6 is 0 Å². The maximum absolute atomic E-state index is 12.1. The highest BCUT2D eigenvalue weighted by atomic mass is 19.4. The van der Waals surface area contributed by atoms with Gasteiger partial charge in [-0.3, -0.25) is 14.4 Å². The Kier molecular flexibility index (Phi) is 7.86. The maximum Gasteiger partial charge on any atom is 0.573 e. The molecule has 2 rings (SSSR count). The highest BCUT2D eigenvalue weighted by molar-refractivity contribution is 5.95. The first kappa shape index (κ1) is 22.5. The first-order valence-corrected chi connectivity index (χ1v) is 9.28. The summed E-state index contributed by atoms with van der Waals surface area (Å²) < 4.78 is 45.1. The predicted octanol–water partition coefficient (Wildman–Crippen LogP) is 3.15. The summed E-state index contributed by atoms with van der Waals surface area (Å²) in [5.41, 5.74) is 0.207. The van der Waals surface area contributed by atoms with Crippen LogP contribution in [0.4, 0.5) is 18.9 Å². The fourth-order valence-corrected chi connectivity index (χ4v) is 2.94. The molecule has 0 heterocycles. The summed E-state index contributed by atoms with van der Waals surface area (Å²) >= 11 is 0. The van der Waals surface area contributed by atoms with Crippen molar-refractivity contribution in [3.8, 4) is 5.75 Å². The zero-order valence-electron chi connectivity index (χ0n) is 15.9. The Labute approximate surface area is 165 Å². The Bertz CT molecular complexity index is 716. The van der Waals surface area contributed by atoms with E-state index in [4.69, 9.17) is 4.74 Å². The third kappa shape index (κ3) is 8.00. The molecule has 1 aliphatic carbocycles. The molecule has 10 heteroatoms. The molecule has 1 atom stereocenters. The van der Waals surface area contributed by atoms with Crippen molar-refractivity contribution in [2.24, 2.45) is 5.92 Å². The van der Waals surface area contributed by atoms with E-state index in [9.17, 15) is 27.6 Å². The van der Waals surface area contributed by atoms with Gasteiger partial charge in [0.25, 0.3) is 5.91 Å². The number of hydrogen-bond donors (Lipinski definition) is 2. The number of esters is 1. The van der Waals surface area contributed by atoms with Crippen molar-refractivity contribution in [1.29, 1.82) is 0 Å². The lowest BCUT2D eigenvalue weighted by Gasteiger charge is -2.20. The molecule has 2 N–H and O–H groups in total. The second-order valence-corrected chi connectivity index (χ2v) is 6.75. The largest absolute Gasteiger partial charge is 0.573 e. The van der Waals surface area contributed by atoms with Gasteiger partial charge in [0.05, 0.1) is 0 Å². The van der Waals surface area contributed by atoms with Crippen molar-refractivity contribution in [3.63, 3.8) is 0 Å². The fourth-order valence-electron chi connectivity index (χ4n) is 2.94. The molecule has 1 aromatic rings. The number of amides is 2. The van der Waals surface area contributed by atoms with E-state index in [-0.39, 0.29) is 24.1 Å². The van der Waals surface area contributed by atoms with Gasteiger partial charge in [0, 0.05) is 11.6 Å². The van der Waals surface area contributed by atoms with Crippen molar-refractivity contribution in [2.45, 2.75) is 51.5 Å². The van der Waals surface area contributed by atoms with E-state index in [1.54, 1.807) is 0 Å². The molecule has 0 bridgehead atoms. The number of alkyl halides is 3. The lowest BCUT2D eigenvalue weighted by atomic mass is 9.89. The van der Waals surface area contributed by atoms with Crippen molar-refractivity contribution in [1.82, 2.24) is 5.32 Å². The van der Waals surface area contributed by atoms with Crippen molar-refractivity contribution >= 4 is 23.5 Å². The number of ether oxygens (including phenoxy) is 2. The second kappa shape index (κ2) is 10.1. The summed E-state index contributed by atoms with van der Waals surface area (Å²) in [4.78, 5) is 35.9. The molecule has 1 unspecified atom stereocenters. The van der Waals surface area contributed by atoms with Crippen LogP contribution in [0.2, 0.25) is 0 Å². The van der Waals surface area contributed by atoms with Gasteiger partial charge in [-0.25, -0.2) is 0 Å². The quantitative estimate of drug-likeness (QED) is 0.666. The highest BCUT2D eigenvalue weighted by Crippen LogP contribution is 2.24. The first-order chi connectivity index (χ1) is 13.6. The van der Waals surface area contributed by atoms with E-state index < -0.39 is 30.1 Å². The van der Waals surface area contributed by atoms with Crippen molar-refractivity contribution < 1.29 is 37.0 Å². The van der Waals surface area contributed by atoms with Crippen molar-refractivity contribution in [2.75, 3.05) is 11.9 Å². The van der Waals surface area contributed by atoms with E-state index in [1.807, 2.05) is 0 Å². The second-order valence-electron chi connectivity index (χ2n) is 6.75. The summed E-state index contributed by atoms with van der Waals surface area (Å²) in [6.07, 6.45) is -1.28. The number of rotatable bonds is 7. The molecule has 7 nitrogen and oxygen atoms in total. The predicted molar refractivity (Wildman–Crippen MR) is 96.9 cm³/mol. The van der Waals surface area contributed by atoms with Crippen LogP contribution in [0.3, 0.4) is 0 Å². The molecule has 2 amide bonds. The Hall–Kier alpha value is -2.78. The first-order valence-electron chi connectivity index (χ1n) is 9.28. The lowest BCUT2D eigenvalue weighted by molar-refractivity contribution is -0.274. The van der Waals surface area contributed by atoms with Gasteiger partial charge in [0.2, 0.25) is 5.91 Å². The number of halogens is 3. The van der Waals surface area contributed by atoms with E-state index >= 15 is 0 Å². The molecular weight excluding hydrogens is 393 g/mol. The molecular formula is C19H23F3N2O5. The lowest BCUT2D eigenvalue weighted by Crippen LogP contribution is -2.38. The topological polar surface area (TPSA) is 93.7 Å². The number of carbonyl (C=O) groups excluding carboxylic acids is 3. The molecule has 0 saturated heterocycles. The Balaban J connectivity index is 1.74. The van der Waals surface area contributed by atoms with Crippen LogP contribution < -0.4 is 15.4 Å². The van der Waals surface area contributed by atoms with Gasteiger partial charge in [-0.05, 0) is 44.0 Å². The van der Waals surface area contributed by atoms with E-state index in [2.05, 4.69) is 15.4 Å². The van der Waals surface area contributed by atoms with E-state index in [0.29, 0.717) is 0 Å². The van der Waals surface area contributed by atoms with Crippen LogP contribution in [0.15, 0.2) is 24.3 Å². The number of anilines is 1. The fraction of sp³-hybridized carbons (Fsp3) is 0.526. The normalized spacial score (nSPS) is 15.9. The van der Waals surface area contributed by atoms with E-state index in [1.165, 1.54) is 19.1 Å². The standard InChI is InChI=1S/C19H23F3N2O5/c1-12(28-16(25)11-23-18(27)13-5-3-2-4-6-13)17(26)24-14-7-9-15(10-8-14)29-19(20,21)22/h7-10,12-13H,2-6,11H2,1H3,(H,23,27)(H,24,26). The smallest absolute Gasteiger partial charge is 0.451 e. The van der Waals surface area contributed by atoms with Gasteiger partial charge in [-0.1, -0.05) is 19.3 Å². The summed E-state index contributed by atoms with van der Waals surface area (Å²) in [6, 6.07) is 4.52. The molecule has 160 valence electrons. The maximum atomic E-state index is 12.1. The minimum absolute atomic E-state index is 0.0958. The van der Waals surface area contributed by atoms with Crippen LogP contribution in [0.5, 0.6) is 5.75 Å². The van der Waals surface area contributed by atoms with Gasteiger partial charge >= 0.3 is 12.3 Å². The number of hydrogen-bond acceptors (Lipinski definition) is 5. The van der Waals surface area contributed by atoms with E-state index in [0.717, 1.165) is 44.2 Å². The third-order valence-corrected chi connectivity index (χ3v) is 4.42. The SMILES string of the molecule is CC(OC(=O)CNC(=O)C1CCCCC1)C(=O)Nc1ccc(OC(F)(F)F)cc1. The molecule has 29 heavy (non-hydrogen) atoms. The average Bonchev–Trinajstić information content (AvgIpc) is 2.67. The average molecular weight is 416 g/mol. The van der Waals surface area contributed by atoms with Gasteiger partial charge < -0.3 is 20.1 Å². The third-order valence-electron chi connectivity index (χ3n) is 4.42. The Morgan fingerprint density at radius 3 is 2.31 bits per heavy atom. The molecule has 0 radical (unpaired) electrons. The summed E-state index contributed by atoms with van der Waals surface area (Å²) in [5.74, 6) is -2.14. The van der Waals surface area contributed by atoms with Crippen LogP contribution in [0.1, 0.15) is 39.0 Å². The zero-order chi connectivity index (χ0) is 21.4. The van der Waals surface area contributed by atoms with Crippen LogP contribution in [0.25, 0.3) is 0 Å². The zero-order valence-corrected chi connectivity index (χ0v) is 15.9. The van der Waals surface area contributed by atoms with Crippen LogP contribution in [-0.2, 0) is 19.1 Å². The minimum Gasteiger partial charge on any atom is -0.451 e. The van der Waals surface area contributed by atoms with Gasteiger partial charge in [-0.2, -0.15) is 0 Å². The highest BCUT2D eigenvalue weighted by Gasteiger charge is 2.31. The summed E-state index contributed by atoms with van der Waals surface area (Å²) in [6.45, 7) is 1.01. The number of carbonyl (C=O) groups is 3. The number of nitrogens with one attached hydrogen (secondary N) is 2. The summed E-state index contributed by atoms with van der Waals surface area (Å²) in [7, 11) is 0. The minimum atomic E-state index is -4.81. The Morgan fingerprint density at radius 1 is 1.10 bits per heavy atom. The molecule has 1 fully saturated rings. The van der Waals surface area contributed by atoms with Crippen LogP contribution in [0, 0.1) is 5.92 Å². The molecule has 1 aliphatic rings. The summed E-state index contributed by atoms with van der Waals surface area (Å²) in [5, 5.41) is 4.93. The van der Waals surface area contributed by atoms with Crippen LogP contribution in [-0.4, -0.2) is 36.8 Å². The molecule has 1 saturated carbocycles. The molecule has 0 aromatic heterocycles. The Morgan fingerprint density at radius 2 is 1.72 bits per heavy atom. The van der Waals surface area contributed by atoms with Crippen molar-refractivity contribution in [3.05, 3.63) is 24.3 Å². The monoisotopic (exact) mass is 416 g/mol.